The van der Waals surface area contributed by atoms with E-state index in [0.29, 0.717) is 6.42 Å². The number of ether oxygens (including phenoxy) is 1. The molecule has 21 heavy (non-hydrogen) atoms. The van der Waals surface area contributed by atoms with Crippen molar-refractivity contribution in [1.82, 2.24) is 15.4 Å². The summed E-state index contributed by atoms with van der Waals surface area (Å²) in [5, 5.41) is 4.06. The lowest BCUT2D eigenvalue weighted by molar-refractivity contribution is 0.0949. The number of amides is 1. The highest BCUT2D eigenvalue weighted by Gasteiger charge is 2.05. The van der Waals surface area contributed by atoms with Gasteiger partial charge in [0.1, 0.15) is 11.4 Å². The molecule has 1 N–H and O–H groups in total. The summed E-state index contributed by atoms with van der Waals surface area (Å²) in [5.41, 5.74) is 4.58. The summed E-state index contributed by atoms with van der Waals surface area (Å²) in [6, 6.07) is 7.70. The third-order valence-corrected chi connectivity index (χ3v) is 2.76. The predicted molar refractivity (Wildman–Crippen MR) is 79.3 cm³/mol. The Morgan fingerprint density at radius 1 is 1.29 bits per heavy atom. The zero-order valence-electron chi connectivity index (χ0n) is 11.9. The Labute approximate surface area is 122 Å². The van der Waals surface area contributed by atoms with Crippen molar-refractivity contribution in [2.45, 2.75) is 13.3 Å². The van der Waals surface area contributed by atoms with Gasteiger partial charge >= 0.3 is 0 Å². The van der Waals surface area contributed by atoms with E-state index in [1.165, 1.54) is 18.6 Å². The van der Waals surface area contributed by atoms with Gasteiger partial charge in [0.2, 0.25) is 0 Å². The lowest BCUT2D eigenvalue weighted by Crippen LogP contribution is -2.20. The molecule has 0 aliphatic carbocycles. The van der Waals surface area contributed by atoms with Crippen molar-refractivity contribution in [3.63, 3.8) is 0 Å². The van der Waals surface area contributed by atoms with Crippen LogP contribution in [0.2, 0.25) is 0 Å². The molecule has 0 saturated carbocycles. The fraction of sp³-hybridized carbons (Fsp3) is 0.200. The molecule has 0 atom stereocenters. The van der Waals surface area contributed by atoms with Crippen LogP contribution in [-0.2, 0) is 6.42 Å². The largest absolute Gasteiger partial charge is 0.497 e. The van der Waals surface area contributed by atoms with E-state index in [1.54, 1.807) is 7.11 Å². The molecule has 1 aromatic carbocycles. The Morgan fingerprint density at radius 2 is 2.05 bits per heavy atom. The molecule has 0 unspecified atom stereocenters. The average molecular weight is 284 g/mol. The number of benzene rings is 1. The van der Waals surface area contributed by atoms with Crippen LogP contribution < -0.4 is 10.2 Å². The fourth-order valence-electron chi connectivity index (χ4n) is 1.70. The Balaban J connectivity index is 1.93. The molecule has 0 bridgehead atoms. The monoisotopic (exact) mass is 284 g/mol. The first-order chi connectivity index (χ1) is 10.2. The molecule has 0 aliphatic heterocycles. The number of carbonyl (C=O) groups is 1. The number of hydrazone groups is 1. The SMILES string of the molecule is COc1ccc(CC(C)=NNC(=O)c2cnccn2)cc1. The lowest BCUT2D eigenvalue weighted by atomic mass is 10.1. The summed E-state index contributed by atoms with van der Waals surface area (Å²) in [7, 11) is 1.63. The van der Waals surface area contributed by atoms with Gasteiger partial charge in [0.25, 0.3) is 5.91 Å². The molecule has 2 aromatic rings. The molecular weight excluding hydrogens is 268 g/mol. The number of hydrogen-bond donors (Lipinski definition) is 1. The van der Waals surface area contributed by atoms with Crippen LogP contribution >= 0.6 is 0 Å². The number of hydrogen-bond acceptors (Lipinski definition) is 5. The van der Waals surface area contributed by atoms with Gasteiger partial charge in [-0.25, -0.2) is 10.4 Å². The maximum absolute atomic E-state index is 11.7. The second-order valence-corrected chi connectivity index (χ2v) is 4.40. The van der Waals surface area contributed by atoms with Crippen LogP contribution in [0.25, 0.3) is 0 Å². The van der Waals surface area contributed by atoms with Crippen LogP contribution in [-0.4, -0.2) is 28.7 Å². The number of nitrogens with one attached hydrogen (secondary N) is 1. The van der Waals surface area contributed by atoms with E-state index in [2.05, 4.69) is 20.5 Å². The smallest absolute Gasteiger partial charge is 0.291 e. The van der Waals surface area contributed by atoms with Gasteiger partial charge in [0.15, 0.2) is 0 Å². The van der Waals surface area contributed by atoms with Crippen molar-refractivity contribution < 1.29 is 9.53 Å². The van der Waals surface area contributed by atoms with E-state index in [4.69, 9.17) is 4.74 Å². The summed E-state index contributed by atoms with van der Waals surface area (Å²) in [5.74, 6) is 0.432. The maximum Gasteiger partial charge on any atom is 0.291 e. The highest BCUT2D eigenvalue weighted by Crippen LogP contribution is 2.11. The van der Waals surface area contributed by atoms with Crippen LogP contribution in [0.3, 0.4) is 0 Å². The molecule has 1 amide bonds. The number of methoxy groups -OCH3 is 1. The summed E-state index contributed by atoms with van der Waals surface area (Å²) < 4.78 is 5.10. The summed E-state index contributed by atoms with van der Waals surface area (Å²) >= 11 is 0. The third kappa shape index (κ3) is 4.38. The van der Waals surface area contributed by atoms with Gasteiger partial charge in [0.05, 0.1) is 13.3 Å². The van der Waals surface area contributed by atoms with Crippen LogP contribution in [0.1, 0.15) is 23.0 Å². The number of carbonyl (C=O) groups excluding carboxylic acids is 1. The van der Waals surface area contributed by atoms with E-state index >= 15 is 0 Å². The van der Waals surface area contributed by atoms with Crippen molar-refractivity contribution in [2.75, 3.05) is 7.11 Å². The van der Waals surface area contributed by atoms with E-state index in [1.807, 2.05) is 31.2 Å². The molecule has 1 aromatic heterocycles. The zero-order chi connectivity index (χ0) is 15.1. The number of rotatable bonds is 5. The van der Waals surface area contributed by atoms with Crippen molar-refractivity contribution in [1.29, 1.82) is 0 Å². The van der Waals surface area contributed by atoms with Gasteiger partial charge in [0, 0.05) is 24.5 Å². The van der Waals surface area contributed by atoms with Gasteiger partial charge in [-0.1, -0.05) is 12.1 Å². The first kappa shape index (κ1) is 14.6. The van der Waals surface area contributed by atoms with Gasteiger partial charge in [-0.05, 0) is 24.6 Å². The van der Waals surface area contributed by atoms with Crippen molar-refractivity contribution in [3.8, 4) is 5.75 Å². The average Bonchev–Trinajstić information content (AvgIpc) is 2.54. The lowest BCUT2D eigenvalue weighted by Gasteiger charge is -2.04. The first-order valence-corrected chi connectivity index (χ1v) is 6.41. The van der Waals surface area contributed by atoms with E-state index in [9.17, 15) is 4.79 Å². The van der Waals surface area contributed by atoms with Crippen LogP contribution in [0, 0.1) is 0 Å². The highest BCUT2D eigenvalue weighted by atomic mass is 16.5. The fourth-order valence-corrected chi connectivity index (χ4v) is 1.70. The molecule has 0 fully saturated rings. The Hall–Kier alpha value is -2.76. The van der Waals surface area contributed by atoms with Crippen molar-refractivity contribution >= 4 is 11.6 Å². The third-order valence-electron chi connectivity index (χ3n) is 2.76. The van der Waals surface area contributed by atoms with Crippen LogP contribution in [0.5, 0.6) is 5.75 Å². The molecule has 6 heteroatoms. The zero-order valence-corrected chi connectivity index (χ0v) is 11.9. The molecule has 6 nitrogen and oxygen atoms in total. The second kappa shape index (κ2) is 7.14. The van der Waals surface area contributed by atoms with E-state index < -0.39 is 0 Å². The minimum Gasteiger partial charge on any atom is -0.497 e. The van der Waals surface area contributed by atoms with Crippen LogP contribution in [0.4, 0.5) is 0 Å². The van der Waals surface area contributed by atoms with Gasteiger partial charge in [-0.2, -0.15) is 5.10 Å². The summed E-state index contributed by atoms with van der Waals surface area (Å²) in [4.78, 5) is 19.5. The number of nitrogens with zero attached hydrogens (tertiary/aromatic N) is 3. The summed E-state index contributed by atoms with van der Waals surface area (Å²) in [6.07, 6.45) is 5.01. The van der Waals surface area contributed by atoms with Crippen LogP contribution in [0.15, 0.2) is 48.0 Å². The van der Waals surface area contributed by atoms with Gasteiger partial charge < -0.3 is 4.74 Å². The van der Waals surface area contributed by atoms with E-state index in [-0.39, 0.29) is 11.6 Å². The molecule has 108 valence electrons. The Kier molecular flexibility index (Phi) is 4.98. The van der Waals surface area contributed by atoms with Crippen molar-refractivity contribution in [3.05, 3.63) is 54.1 Å². The highest BCUT2D eigenvalue weighted by molar-refractivity contribution is 5.93. The Morgan fingerprint density at radius 3 is 2.67 bits per heavy atom. The van der Waals surface area contributed by atoms with Crippen molar-refractivity contribution in [2.24, 2.45) is 5.10 Å². The molecule has 1 heterocycles. The van der Waals surface area contributed by atoms with Gasteiger partial charge in [-0.3, -0.25) is 9.78 Å². The topological polar surface area (TPSA) is 76.5 Å². The Bertz CT molecular complexity index is 624. The standard InChI is InChI=1S/C15H16N4O2/c1-11(9-12-3-5-13(21-2)6-4-12)18-19-15(20)14-10-16-7-8-17-14/h3-8,10H,9H2,1-2H3,(H,19,20). The first-order valence-electron chi connectivity index (χ1n) is 6.41. The predicted octanol–water partition coefficient (Wildman–Crippen LogP) is 1.83. The molecule has 0 saturated heterocycles. The maximum atomic E-state index is 11.7. The molecule has 0 spiro atoms. The second-order valence-electron chi connectivity index (χ2n) is 4.40. The van der Waals surface area contributed by atoms with Gasteiger partial charge in [-0.15, -0.1) is 0 Å². The minimum absolute atomic E-state index is 0.235. The normalized spacial score (nSPS) is 11.0. The summed E-state index contributed by atoms with van der Waals surface area (Å²) in [6.45, 7) is 1.85. The quantitative estimate of drug-likeness (QED) is 0.671. The molecular formula is C15H16N4O2. The van der Waals surface area contributed by atoms with E-state index in [0.717, 1.165) is 17.0 Å². The molecule has 0 aliphatic rings. The molecule has 2 rings (SSSR count). The number of aromatic nitrogens is 2. The molecule has 0 radical (unpaired) electrons. The minimum atomic E-state index is -0.378.